The van der Waals surface area contributed by atoms with Crippen LogP contribution in [-0.4, -0.2) is 36.6 Å². The summed E-state index contributed by atoms with van der Waals surface area (Å²) in [6, 6.07) is 5.83. The van der Waals surface area contributed by atoms with Crippen LogP contribution in [0.3, 0.4) is 0 Å². The van der Waals surface area contributed by atoms with Crippen LogP contribution in [0.5, 0.6) is 0 Å². The highest BCUT2D eigenvalue weighted by Crippen LogP contribution is 2.40. The van der Waals surface area contributed by atoms with E-state index in [0.717, 1.165) is 29.4 Å². The quantitative estimate of drug-likeness (QED) is 0.687. The van der Waals surface area contributed by atoms with Gasteiger partial charge in [-0.05, 0) is 25.0 Å². The molecular weight excluding hydrogens is 328 g/mol. The first-order valence-electron chi connectivity index (χ1n) is 7.49. The van der Waals surface area contributed by atoms with E-state index in [4.69, 9.17) is 0 Å². The molecule has 1 saturated carbocycles. The van der Waals surface area contributed by atoms with Crippen LogP contribution in [0.2, 0.25) is 0 Å². The number of aromatic nitrogens is 5. The summed E-state index contributed by atoms with van der Waals surface area (Å²) >= 11 is 1.36. The average Bonchev–Trinajstić information content (AvgIpc) is 3.15. The summed E-state index contributed by atoms with van der Waals surface area (Å²) < 4.78 is 6.79. The van der Waals surface area contributed by atoms with E-state index >= 15 is 0 Å². The molecule has 3 heterocycles. The van der Waals surface area contributed by atoms with E-state index in [9.17, 15) is 4.79 Å². The zero-order chi connectivity index (χ0) is 16.4. The van der Waals surface area contributed by atoms with Crippen LogP contribution in [0.1, 0.15) is 18.9 Å². The Kier molecular flexibility index (Phi) is 3.99. The van der Waals surface area contributed by atoms with Gasteiger partial charge in [0.05, 0.1) is 5.75 Å². The van der Waals surface area contributed by atoms with Gasteiger partial charge in [-0.25, -0.2) is 0 Å². The molecule has 0 aromatic carbocycles. The molecule has 0 unspecified atom stereocenters. The Balaban J connectivity index is 1.49. The van der Waals surface area contributed by atoms with Crippen LogP contribution >= 0.6 is 11.8 Å². The number of hydrogen-bond acceptors (Lipinski definition) is 7. The predicted octanol–water partition coefficient (Wildman–Crippen LogP) is 2.39. The first-order valence-corrected chi connectivity index (χ1v) is 8.48. The Morgan fingerprint density at radius 1 is 1.38 bits per heavy atom. The van der Waals surface area contributed by atoms with E-state index in [1.54, 1.807) is 18.5 Å². The van der Waals surface area contributed by atoms with Crippen molar-refractivity contribution in [3.63, 3.8) is 0 Å². The van der Waals surface area contributed by atoms with E-state index < -0.39 is 0 Å². The van der Waals surface area contributed by atoms with E-state index in [1.807, 2.05) is 12.1 Å². The fourth-order valence-corrected chi connectivity index (χ4v) is 3.12. The van der Waals surface area contributed by atoms with E-state index in [-0.39, 0.29) is 11.7 Å². The van der Waals surface area contributed by atoms with Gasteiger partial charge in [-0.3, -0.25) is 14.3 Å². The lowest BCUT2D eigenvalue weighted by molar-refractivity contribution is -0.113. The fraction of sp³-hybridized carbons (Fsp3) is 0.267. The van der Waals surface area contributed by atoms with Crippen molar-refractivity contribution in [2.45, 2.75) is 24.0 Å². The van der Waals surface area contributed by atoms with Gasteiger partial charge in [-0.2, -0.15) is 0 Å². The van der Waals surface area contributed by atoms with Crippen LogP contribution in [-0.2, 0) is 4.79 Å². The molecule has 9 heteroatoms. The predicted molar refractivity (Wildman–Crippen MR) is 87.4 cm³/mol. The Morgan fingerprint density at radius 2 is 2.29 bits per heavy atom. The highest BCUT2D eigenvalue weighted by Gasteiger charge is 2.30. The van der Waals surface area contributed by atoms with Crippen molar-refractivity contribution >= 4 is 23.5 Å². The highest BCUT2D eigenvalue weighted by molar-refractivity contribution is 7.99. The number of rotatable bonds is 6. The molecule has 1 fully saturated rings. The lowest BCUT2D eigenvalue weighted by Gasteiger charge is -2.08. The number of carbonyl (C=O) groups excluding carboxylic acids is 1. The standard InChI is InChI=1S/C15H14N6O2S/c22-13(17-12-5-7-23-20-12)9-24-15-19-18-14(21(15)11-3-4-11)10-2-1-6-16-8-10/h1-2,5-8,11H,3-4,9H2,(H,17,20,22). The molecular formula is C15H14N6O2S. The molecule has 4 rings (SSSR count). The summed E-state index contributed by atoms with van der Waals surface area (Å²) in [6.07, 6.45) is 7.11. The van der Waals surface area contributed by atoms with Gasteiger partial charge in [0.2, 0.25) is 5.91 Å². The van der Waals surface area contributed by atoms with Gasteiger partial charge < -0.3 is 9.84 Å². The molecule has 0 aliphatic heterocycles. The third-order valence-electron chi connectivity index (χ3n) is 3.53. The van der Waals surface area contributed by atoms with Crippen molar-refractivity contribution in [3.05, 3.63) is 36.9 Å². The summed E-state index contributed by atoms with van der Waals surface area (Å²) in [5.74, 6) is 1.26. The number of anilines is 1. The first-order chi connectivity index (χ1) is 11.8. The van der Waals surface area contributed by atoms with Gasteiger partial charge in [-0.15, -0.1) is 10.2 Å². The molecule has 8 nitrogen and oxygen atoms in total. The molecule has 3 aromatic rings. The van der Waals surface area contributed by atoms with Crippen molar-refractivity contribution in [3.8, 4) is 11.4 Å². The molecule has 0 radical (unpaired) electrons. The smallest absolute Gasteiger partial charge is 0.236 e. The summed E-state index contributed by atoms with van der Waals surface area (Å²) in [7, 11) is 0. The van der Waals surface area contributed by atoms with E-state index in [1.165, 1.54) is 18.0 Å². The first kappa shape index (κ1) is 14.9. The molecule has 1 amide bonds. The molecule has 1 aliphatic rings. The molecule has 1 aliphatic carbocycles. The van der Waals surface area contributed by atoms with E-state index in [2.05, 4.69) is 34.7 Å². The van der Waals surface area contributed by atoms with Crippen LogP contribution in [0.15, 0.2) is 46.5 Å². The molecule has 0 saturated heterocycles. The van der Waals surface area contributed by atoms with Crippen molar-refractivity contribution in [1.29, 1.82) is 0 Å². The Labute approximate surface area is 141 Å². The number of carbonyl (C=O) groups is 1. The van der Waals surface area contributed by atoms with Crippen molar-refractivity contribution in [1.82, 2.24) is 24.9 Å². The Hall–Kier alpha value is -2.68. The summed E-state index contributed by atoms with van der Waals surface area (Å²) in [5.41, 5.74) is 0.927. The molecule has 0 bridgehead atoms. The lowest BCUT2D eigenvalue weighted by Crippen LogP contribution is -2.14. The Bertz CT molecular complexity index is 829. The minimum Gasteiger partial charge on any atom is -0.363 e. The zero-order valence-electron chi connectivity index (χ0n) is 12.6. The molecule has 24 heavy (non-hydrogen) atoms. The minimum absolute atomic E-state index is 0.165. The summed E-state index contributed by atoms with van der Waals surface area (Å²) in [5, 5.41) is 15.6. The van der Waals surface area contributed by atoms with Crippen molar-refractivity contribution in [2.24, 2.45) is 0 Å². The number of pyridine rings is 1. The fourth-order valence-electron chi connectivity index (χ4n) is 2.32. The normalized spacial score (nSPS) is 13.8. The van der Waals surface area contributed by atoms with Gasteiger partial charge in [0.1, 0.15) is 6.26 Å². The molecule has 0 spiro atoms. The SMILES string of the molecule is O=C(CSc1nnc(-c2cccnc2)n1C1CC1)Nc1ccon1. The van der Waals surface area contributed by atoms with Crippen molar-refractivity contribution < 1.29 is 9.32 Å². The van der Waals surface area contributed by atoms with Crippen LogP contribution in [0, 0.1) is 0 Å². The van der Waals surface area contributed by atoms with Crippen LogP contribution in [0.4, 0.5) is 5.82 Å². The Morgan fingerprint density at radius 3 is 3.00 bits per heavy atom. The lowest BCUT2D eigenvalue weighted by atomic mass is 10.3. The van der Waals surface area contributed by atoms with Gasteiger partial charge in [-0.1, -0.05) is 16.9 Å². The second-order valence-corrected chi connectivity index (χ2v) is 6.31. The second kappa shape index (κ2) is 6.44. The maximum atomic E-state index is 12.0. The van der Waals surface area contributed by atoms with Gasteiger partial charge in [0.15, 0.2) is 16.8 Å². The number of hydrogen-bond donors (Lipinski definition) is 1. The summed E-state index contributed by atoms with van der Waals surface area (Å²) in [6.45, 7) is 0. The maximum absolute atomic E-state index is 12.0. The highest BCUT2D eigenvalue weighted by atomic mass is 32.2. The van der Waals surface area contributed by atoms with Gasteiger partial charge >= 0.3 is 0 Å². The van der Waals surface area contributed by atoms with Crippen molar-refractivity contribution in [2.75, 3.05) is 11.1 Å². The molecule has 122 valence electrons. The molecule has 3 aromatic heterocycles. The van der Waals surface area contributed by atoms with E-state index in [0.29, 0.717) is 11.9 Å². The number of nitrogens with zero attached hydrogens (tertiary/aromatic N) is 5. The third kappa shape index (κ3) is 3.16. The largest absolute Gasteiger partial charge is 0.363 e. The maximum Gasteiger partial charge on any atom is 0.236 e. The average molecular weight is 342 g/mol. The van der Waals surface area contributed by atoms with Gasteiger partial charge in [0.25, 0.3) is 0 Å². The van der Waals surface area contributed by atoms with Crippen LogP contribution < -0.4 is 5.32 Å². The monoisotopic (exact) mass is 342 g/mol. The minimum atomic E-state index is -0.165. The molecule has 1 N–H and O–H groups in total. The second-order valence-electron chi connectivity index (χ2n) is 5.37. The molecule has 0 atom stereocenters. The van der Waals surface area contributed by atoms with Crippen LogP contribution in [0.25, 0.3) is 11.4 Å². The number of nitrogens with one attached hydrogen (secondary N) is 1. The summed E-state index contributed by atoms with van der Waals surface area (Å²) in [4.78, 5) is 16.1. The topological polar surface area (TPSA) is 98.7 Å². The number of amides is 1. The zero-order valence-corrected chi connectivity index (χ0v) is 13.4. The third-order valence-corrected chi connectivity index (χ3v) is 4.48. The van der Waals surface area contributed by atoms with Gasteiger partial charge in [0, 0.05) is 30.1 Å². The number of thioether (sulfide) groups is 1.